The maximum absolute atomic E-state index is 13.4. The molecule has 0 bridgehead atoms. The third kappa shape index (κ3) is 16.9. The van der Waals surface area contributed by atoms with Crippen LogP contribution in [0.25, 0.3) is 33.8 Å². The van der Waals surface area contributed by atoms with E-state index in [-0.39, 0.29) is 145 Å². The first-order valence-electron chi connectivity index (χ1n) is 37.0. The first-order chi connectivity index (χ1) is 55.8. The molecule has 614 valence electrons. The lowest BCUT2D eigenvalue weighted by Crippen LogP contribution is -2.55. The summed E-state index contributed by atoms with van der Waals surface area (Å²) in [7, 11) is 0. The zero-order chi connectivity index (χ0) is 84.9. The highest BCUT2D eigenvalue weighted by atomic mass is 35.5. The van der Waals surface area contributed by atoms with E-state index in [1.54, 1.807) is 80.2 Å². The Labute approximate surface area is 672 Å². The van der Waals surface area contributed by atoms with E-state index in [1.165, 1.54) is 69.0 Å². The number of alkyl halides is 9. The highest BCUT2D eigenvalue weighted by Gasteiger charge is 2.55. The standard InChI is InChI=1S/C27H25F3N8O2.C26H25ClF3N7O2.C26H26F3N7O3/c1-2-4-21(39)36-8-7-26(15-36)9-18(10-26)38-24(32)22(25(33)40)23(35-38)17-12-34-37(14-17)13-16-5-3-6-20(19(16)11-31)27(28,29)30;1-2-3-20(38)35-7-6-25(14-35)9-18(10-25)37-23(31)21(24(32)39)22(34-37)16-11-33-36(13-16)12-15-8-17(26(28,29)30)4-5-19(15)27;1-2-5-20(37)34-9-8-25(15-34)10-18(11-25)36-23(30)21(24(31)38)22(33-36)17-12-32-35(14-17)13-16-6-3-4-7-19(16)39-26(27,28)29/h3,5-6,12,14,18H,7-10,13,15H2,1H3,(H4,32,33,35,40);4-5,8,11,13,18H,6-7,9-10,12,14,31H2,1H3,(H2,32,39);3-4,6-7,12,14,18H,8-11,13,15,30H2,1H3,(H2,31,38)/p+1. The number of carbonyl (C=O) groups excluding carboxylic acids is 6. The van der Waals surface area contributed by atoms with Gasteiger partial charge in [0.1, 0.15) is 57.7 Å². The number of nitrogens with two attached hydrogens (primary N) is 6. The number of nitrogen functional groups attached to an aromatic ring is 3. The second-order valence-corrected chi connectivity index (χ2v) is 30.7. The molecule has 15 rings (SSSR count). The van der Waals surface area contributed by atoms with Crippen molar-refractivity contribution in [3.05, 3.63) is 153 Å². The molecule has 6 fully saturated rings. The van der Waals surface area contributed by atoms with Gasteiger partial charge in [0.25, 0.3) is 35.4 Å². The van der Waals surface area contributed by atoms with Crippen molar-refractivity contribution in [2.24, 2.45) is 33.4 Å². The molecule has 6 amide bonds. The minimum atomic E-state index is -4.83. The van der Waals surface area contributed by atoms with Crippen LogP contribution in [0.3, 0.4) is 0 Å². The van der Waals surface area contributed by atoms with Crippen LogP contribution in [0.15, 0.2) is 97.8 Å². The Kier molecular flexibility index (Phi) is 22.5. The topological polar surface area (TPSA) is 410 Å². The fraction of sp³-hybridized carbons (Fsp3) is 0.380. The fourth-order valence-electron chi connectivity index (χ4n) is 16.9. The van der Waals surface area contributed by atoms with Gasteiger partial charge in [-0.15, -0.1) is 13.2 Å². The summed E-state index contributed by atoms with van der Waals surface area (Å²) in [6.45, 7) is 8.48. The molecule has 118 heavy (non-hydrogen) atoms. The van der Waals surface area contributed by atoms with Crippen molar-refractivity contribution in [1.82, 2.24) is 68.7 Å². The highest BCUT2D eigenvalue weighted by Crippen LogP contribution is 2.57. The molecule has 3 saturated heterocycles. The van der Waals surface area contributed by atoms with Gasteiger partial charge in [0.2, 0.25) is 0 Å². The third-order valence-corrected chi connectivity index (χ3v) is 22.8. The van der Waals surface area contributed by atoms with Crippen molar-refractivity contribution in [3.63, 3.8) is 0 Å². The summed E-state index contributed by atoms with van der Waals surface area (Å²) in [5.41, 5.74) is 36.5. The van der Waals surface area contributed by atoms with Crippen LogP contribution < -0.4 is 43.8 Å². The van der Waals surface area contributed by atoms with E-state index in [1.807, 2.05) is 0 Å². The Hall–Kier alpha value is -13.2. The van der Waals surface area contributed by atoms with Crippen molar-refractivity contribution in [2.45, 2.75) is 135 Å². The summed E-state index contributed by atoms with van der Waals surface area (Å²) in [4.78, 5) is 78.8. The number of nitriles is 1. The molecule has 39 heteroatoms. The smallest absolute Gasteiger partial charge is 0.405 e. The first kappa shape index (κ1) is 82.7. The quantitative estimate of drug-likeness (QED) is 0.0269. The Bertz CT molecular complexity index is 5730. The lowest BCUT2D eigenvalue weighted by molar-refractivity contribution is -0.775. The number of nitrogens with zero attached hydrogens (tertiary/aromatic N) is 15. The molecule has 0 atom stereocenters. The molecular weight excluding hydrogens is 1580 g/mol. The van der Waals surface area contributed by atoms with E-state index in [2.05, 4.69) is 70.9 Å². The predicted octanol–water partition coefficient (Wildman–Crippen LogP) is 9.04. The van der Waals surface area contributed by atoms with Crippen LogP contribution in [0.2, 0.25) is 5.02 Å². The molecule has 0 unspecified atom stereocenters. The number of nitrogens with one attached hydrogen (secondary N) is 1. The number of H-pyrrole nitrogens is 1. The number of aromatic amines is 1. The fourth-order valence-corrected chi connectivity index (χ4v) is 17.1. The van der Waals surface area contributed by atoms with Crippen molar-refractivity contribution in [3.8, 4) is 81.1 Å². The Morgan fingerprint density at radius 2 is 1.00 bits per heavy atom. The summed E-state index contributed by atoms with van der Waals surface area (Å²) in [5.74, 6) is 13.0. The predicted molar refractivity (Wildman–Crippen MR) is 407 cm³/mol. The number of halogens is 10. The zero-order valence-corrected chi connectivity index (χ0v) is 64.3. The Morgan fingerprint density at radius 3 is 1.44 bits per heavy atom. The Balaban J connectivity index is 0.000000153. The van der Waals surface area contributed by atoms with E-state index in [0.29, 0.717) is 61.7 Å². The maximum atomic E-state index is 13.4. The van der Waals surface area contributed by atoms with Crippen molar-refractivity contribution < 1.29 is 77.7 Å². The summed E-state index contributed by atoms with van der Waals surface area (Å²) in [6.07, 6.45) is 1.94. The van der Waals surface area contributed by atoms with Gasteiger partial charge >= 0.3 is 24.5 Å². The molecule has 3 spiro atoms. The number of benzene rings is 3. The van der Waals surface area contributed by atoms with Crippen LogP contribution in [0, 0.1) is 63.1 Å². The molecule has 9 aromatic rings. The van der Waals surface area contributed by atoms with Crippen LogP contribution in [-0.4, -0.2) is 150 Å². The molecule has 29 nitrogen and oxygen atoms in total. The van der Waals surface area contributed by atoms with Gasteiger partial charge in [-0.1, -0.05) is 59.7 Å². The summed E-state index contributed by atoms with van der Waals surface area (Å²) < 4.78 is 131. The summed E-state index contributed by atoms with van der Waals surface area (Å²) in [5, 5.41) is 34.6. The monoisotopic (exact) mass is 1650 g/mol. The van der Waals surface area contributed by atoms with Gasteiger partial charge < -0.3 is 48.1 Å². The second kappa shape index (κ2) is 32.1. The third-order valence-electron chi connectivity index (χ3n) is 22.4. The SMILES string of the molecule is CC#CC(=O)N1CCC2(CC([n+]3[nH]c(-c4cnn(Cc5cccc(C(F)(F)F)c5C#N)c4)c(C(N)=O)c3N)C2)C1.CC#CC(=O)N1CCC2(CC(n3nc(-c4cnn(Cc5cc(C(F)(F)F)ccc5Cl)c4)c(C(N)=O)c3N)C2)C1.CC#CC(=O)N1CCC2(CC(n3nc(-c4cnn(Cc5ccccc5OC(F)(F)F)c4)c(C(N)=O)c3N)C2)C1. The van der Waals surface area contributed by atoms with E-state index in [4.69, 9.17) is 46.0 Å². The number of hydrogen-bond donors (Lipinski definition) is 7. The average Bonchev–Trinajstić information content (AvgIpc) is 1.59. The molecule has 3 aliphatic heterocycles. The maximum Gasteiger partial charge on any atom is 0.573 e. The van der Waals surface area contributed by atoms with Crippen molar-refractivity contribution >= 4 is 64.5 Å². The number of primary amides is 3. The van der Waals surface area contributed by atoms with Crippen LogP contribution in [0.5, 0.6) is 5.75 Å². The molecular formula is C79H77ClF9N22O7+. The average molecular weight is 1650 g/mol. The van der Waals surface area contributed by atoms with Crippen LogP contribution in [0.4, 0.5) is 57.0 Å². The largest absolute Gasteiger partial charge is 0.573 e. The van der Waals surface area contributed by atoms with E-state index < -0.39 is 53.1 Å². The second-order valence-electron chi connectivity index (χ2n) is 30.2. The van der Waals surface area contributed by atoms with Gasteiger partial charge in [-0.25, -0.2) is 14.5 Å². The molecule has 0 radical (unpaired) electrons. The molecule has 3 aromatic carbocycles. The summed E-state index contributed by atoms with van der Waals surface area (Å²) >= 11 is 6.13. The van der Waals surface area contributed by atoms with Gasteiger partial charge in [-0.3, -0.25) is 48.5 Å². The van der Waals surface area contributed by atoms with E-state index in [9.17, 15) is 73.5 Å². The van der Waals surface area contributed by atoms with E-state index >= 15 is 0 Å². The molecule has 6 aliphatic rings. The number of rotatable bonds is 16. The lowest BCUT2D eigenvalue weighted by atomic mass is 9.65. The highest BCUT2D eigenvalue weighted by molar-refractivity contribution is 6.31. The van der Waals surface area contributed by atoms with Crippen molar-refractivity contribution in [2.75, 3.05) is 56.5 Å². The number of carbonyl (C=O) groups is 6. The van der Waals surface area contributed by atoms with Gasteiger partial charge in [-0.2, -0.15) is 61.8 Å². The van der Waals surface area contributed by atoms with Gasteiger partial charge in [0.05, 0.1) is 67.0 Å². The molecule has 9 heterocycles. The van der Waals surface area contributed by atoms with Gasteiger partial charge in [0, 0.05) is 85.1 Å². The van der Waals surface area contributed by atoms with Crippen LogP contribution >= 0.6 is 11.6 Å². The minimum Gasteiger partial charge on any atom is -0.405 e. The molecule has 6 aromatic heterocycles. The number of para-hydroxylation sites is 1. The van der Waals surface area contributed by atoms with Gasteiger partial charge in [0.15, 0.2) is 5.56 Å². The normalized spacial score (nSPS) is 20.3. The zero-order valence-electron chi connectivity index (χ0n) is 63.5. The lowest BCUT2D eigenvalue weighted by Gasteiger charge is -2.45. The number of anilines is 3. The van der Waals surface area contributed by atoms with Crippen LogP contribution in [-0.2, 0) is 46.4 Å². The van der Waals surface area contributed by atoms with E-state index in [0.717, 1.165) is 76.0 Å². The van der Waals surface area contributed by atoms with Crippen molar-refractivity contribution in [1.29, 1.82) is 5.26 Å². The molecule has 3 saturated carbocycles. The Morgan fingerprint density at radius 1 is 0.568 bits per heavy atom. The number of likely N-dealkylation sites (tertiary alicyclic amines) is 3. The minimum absolute atomic E-state index is 0.0167. The first-order valence-corrected chi connectivity index (χ1v) is 37.3. The molecule has 3 aliphatic carbocycles. The number of hydrogen-bond acceptors (Lipinski definition) is 16. The molecule has 13 N–H and O–H groups in total. The number of ether oxygens (including phenoxy) is 1. The summed E-state index contributed by atoms with van der Waals surface area (Å²) in [6, 6.07) is 13.8. The van der Waals surface area contributed by atoms with Gasteiger partial charge in [-0.05, 0) is 154 Å². The number of amides is 6. The number of aromatic nitrogens is 12. The van der Waals surface area contributed by atoms with Crippen LogP contribution in [0.1, 0.15) is 161 Å².